The highest BCUT2D eigenvalue weighted by Gasteiger charge is 2.23. The van der Waals surface area contributed by atoms with Gasteiger partial charge in [0.05, 0.1) is 0 Å². The van der Waals surface area contributed by atoms with Crippen molar-refractivity contribution in [2.24, 2.45) is 0 Å². The largest absolute Gasteiger partial charge is 0.295 e. The van der Waals surface area contributed by atoms with Gasteiger partial charge in [-0.2, -0.15) is 11.3 Å². The Morgan fingerprint density at radius 3 is 3.14 bits per heavy atom. The van der Waals surface area contributed by atoms with Gasteiger partial charge in [0, 0.05) is 24.0 Å². The first-order chi connectivity index (χ1) is 6.75. The van der Waals surface area contributed by atoms with Crippen molar-refractivity contribution >= 4 is 27.3 Å². The number of hydrogen-bond donors (Lipinski definition) is 0. The zero-order valence-corrected chi connectivity index (χ0v) is 10.9. The van der Waals surface area contributed by atoms with E-state index < -0.39 is 0 Å². The molecule has 0 aromatic carbocycles. The summed E-state index contributed by atoms with van der Waals surface area (Å²) < 4.78 is 0. The van der Waals surface area contributed by atoms with Crippen molar-refractivity contribution in [1.82, 2.24) is 4.90 Å². The van der Waals surface area contributed by atoms with E-state index in [1.54, 1.807) is 11.3 Å². The summed E-state index contributed by atoms with van der Waals surface area (Å²) in [4.78, 5) is 3.27. The van der Waals surface area contributed by atoms with Gasteiger partial charge in [-0.3, -0.25) is 4.90 Å². The average molecular weight is 274 g/mol. The molecular formula is C11H16BrNS. The number of piperidine rings is 1. The monoisotopic (exact) mass is 273 g/mol. The van der Waals surface area contributed by atoms with E-state index >= 15 is 0 Å². The predicted octanol–water partition coefficient (Wildman–Crippen LogP) is 3.50. The van der Waals surface area contributed by atoms with Crippen LogP contribution in [-0.2, 0) is 6.54 Å². The van der Waals surface area contributed by atoms with Gasteiger partial charge in [0.25, 0.3) is 0 Å². The highest BCUT2D eigenvalue weighted by Crippen LogP contribution is 2.24. The summed E-state index contributed by atoms with van der Waals surface area (Å²) in [7, 11) is 0. The third kappa shape index (κ3) is 2.59. The smallest absolute Gasteiger partial charge is 0.0274 e. The van der Waals surface area contributed by atoms with Crippen molar-refractivity contribution in [3.8, 4) is 0 Å². The maximum Gasteiger partial charge on any atom is 0.0274 e. The lowest BCUT2D eigenvalue weighted by molar-refractivity contribution is 0.158. The molecule has 1 aliphatic rings. The van der Waals surface area contributed by atoms with E-state index in [-0.39, 0.29) is 0 Å². The molecule has 14 heavy (non-hydrogen) atoms. The molecule has 0 radical (unpaired) electrons. The Balaban J connectivity index is 1.95. The van der Waals surface area contributed by atoms with Crippen molar-refractivity contribution in [1.29, 1.82) is 0 Å². The molecule has 0 aliphatic carbocycles. The first-order valence-corrected chi connectivity index (χ1v) is 7.01. The quantitative estimate of drug-likeness (QED) is 0.746. The molecule has 1 nitrogen and oxygen atoms in total. The van der Waals surface area contributed by atoms with Crippen LogP contribution in [0.25, 0.3) is 0 Å². The molecular weight excluding hydrogens is 258 g/mol. The number of halogens is 1. The maximum atomic E-state index is 3.72. The SMILES string of the molecule is CC1CCC(Br)CN1Cc1ccsc1. The number of hydrogen-bond acceptors (Lipinski definition) is 2. The lowest BCUT2D eigenvalue weighted by atomic mass is 10.0. The third-order valence-electron chi connectivity index (χ3n) is 2.92. The van der Waals surface area contributed by atoms with Crippen LogP contribution in [0, 0.1) is 0 Å². The summed E-state index contributed by atoms with van der Waals surface area (Å²) in [5, 5.41) is 4.42. The first kappa shape index (κ1) is 10.7. The lowest BCUT2D eigenvalue weighted by Gasteiger charge is -2.35. The molecule has 0 saturated carbocycles. The summed E-state index contributed by atoms with van der Waals surface area (Å²) in [6, 6.07) is 2.97. The van der Waals surface area contributed by atoms with E-state index in [1.807, 2.05) is 0 Å². The Hall–Kier alpha value is 0.140. The van der Waals surface area contributed by atoms with Gasteiger partial charge in [-0.25, -0.2) is 0 Å². The van der Waals surface area contributed by atoms with Gasteiger partial charge in [0.15, 0.2) is 0 Å². The Bertz CT molecular complexity index is 273. The van der Waals surface area contributed by atoms with Gasteiger partial charge in [0.1, 0.15) is 0 Å². The standard InChI is InChI=1S/C11H16BrNS/c1-9-2-3-11(12)7-13(9)6-10-4-5-14-8-10/h4-5,8-9,11H,2-3,6-7H2,1H3. The number of nitrogens with zero attached hydrogens (tertiary/aromatic N) is 1. The van der Waals surface area contributed by atoms with Crippen molar-refractivity contribution in [3.63, 3.8) is 0 Å². The molecule has 0 amide bonds. The molecule has 78 valence electrons. The van der Waals surface area contributed by atoms with E-state index in [0.717, 1.165) is 12.6 Å². The molecule has 2 atom stereocenters. The van der Waals surface area contributed by atoms with E-state index in [2.05, 4.69) is 44.6 Å². The van der Waals surface area contributed by atoms with Crippen molar-refractivity contribution in [2.45, 2.75) is 37.2 Å². The average Bonchev–Trinajstić information content (AvgIpc) is 2.64. The summed E-state index contributed by atoms with van der Waals surface area (Å²) in [6.45, 7) is 4.65. The Morgan fingerprint density at radius 2 is 2.43 bits per heavy atom. The van der Waals surface area contributed by atoms with Gasteiger partial charge in [-0.05, 0) is 42.2 Å². The molecule has 0 N–H and O–H groups in total. The molecule has 2 unspecified atom stereocenters. The normalized spacial score (nSPS) is 29.3. The van der Waals surface area contributed by atoms with Crippen LogP contribution in [0.1, 0.15) is 25.3 Å². The van der Waals surface area contributed by atoms with Crippen LogP contribution >= 0.6 is 27.3 Å². The molecule has 3 heteroatoms. The van der Waals surface area contributed by atoms with Crippen LogP contribution in [0.5, 0.6) is 0 Å². The number of likely N-dealkylation sites (tertiary alicyclic amines) is 1. The second-order valence-electron chi connectivity index (χ2n) is 4.08. The Morgan fingerprint density at radius 1 is 1.57 bits per heavy atom. The molecule has 1 aromatic heterocycles. The lowest BCUT2D eigenvalue weighted by Crippen LogP contribution is -2.41. The van der Waals surface area contributed by atoms with Crippen LogP contribution in [0.2, 0.25) is 0 Å². The fraction of sp³-hybridized carbons (Fsp3) is 0.636. The van der Waals surface area contributed by atoms with E-state index in [0.29, 0.717) is 4.83 Å². The second kappa shape index (κ2) is 4.77. The minimum atomic E-state index is 0.692. The van der Waals surface area contributed by atoms with E-state index in [1.165, 1.54) is 24.9 Å². The minimum absolute atomic E-state index is 0.692. The zero-order chi connectivity index (χ0) is 9.97. The molecule has 0 bridgehead atoms. The van der Waals surface area contributed by atoms with Crippen molar-refractivity contribution in [2.75, 3.05) is 6.54 Å². The highest BCUT2D eigenvalue weighted by atomic mass is 79.9. The highest BCUT2D eigenvalue weighted by molar-refractivity contribution is 9.09. The van der Waals surface area contributed by atoms with Gasteiger partial charge in [0.2, 0.25) is 0 Å². The van der Waals surface area contributed by atoms with Crippen LogP contribution in [0.4, 0.5) is 0 Å². The molecule has 0 spiro atoms. The topological polar surface area (TPSA) is 3.24 Å². The van der Waals surface area contributed by atoms with Crippen molar-refractivity contribution < 1.29 is 0 Å². The van der Waals surface area contributed by atoms with Gasteiger partial charge >= 0.3 is 0 Å². The van der Waals surface area contributed by atoms with E-state index in [9.17, 15) is 0 Å². The van der Waals surface area contributed by atoms with Crippen LogP contribution in [0.3, 0.4) is 0 Å². The van der Waals surface area contributed by atoms with Gasteiger partial charge in [-0.1, -0.05) is 15.9 Å². The Labute approximate surface area is 98.2 Å². The van der Waals surface area contributed by atoms with Crippen LogP contribution < -0.4 is 0 Å². The maximum absolute atomic E-state index is 3.72. The molecule has 1 aromatic rings. The molecule has 1 fully saturated rings. The van der Waals surface area contributed by atoms with Crippen LogP contribution in [-0.4, -0.2) is 22.3 Å². The third-order valence-corrected chi connectivity index (χ3v) is 4.40. The molecule has 1 aliphatic heterocycles. The second-order valence-corrected chi connectivity index (χ2v) is 6.16. The summed E-state index contributed by atoms with van der Waals surface area (Å²) >= 11 is 5.51. The summed E-state index contributed by atoms with van der Waals surface area (Å²) in [6.07, 6.45) is 2.64. The number of rotatable bonds is 2. The predicted molar refractivity (Wildman–Crippen MR) is 66.1 cm³/mol. The van der Waals surface area contributed by atoms with E-state index in [4.69, 9.17) is 0 Å². The minimum Gasteiger partial charge on any atom is -0.295 e. The number of thiophene rings is 1. The summed E-state index contributed by atoms with van der Waals surface area (Å²) in [5.41, 5.74) is 1.46. The van der Waals surface area contributed by atoms with Gasteiger partial charge < -0.3 is 0 Å². The Kier molecular flexibility index (Phi) is 3.63. The number of alkyl halides is 1. The summed E-state index contributed by atoms with van der Waals surface area (Å²) in [5.74, 6) is 0. The fourth-order valence-electron chi connectivity index (χ4n) is 1.97. The fourth-order valence-corrected chi connectivity index (χ4v) is 3.26. The molecule has 2 heterocycles. The van der Waals surface area contributed by atoms with Crippen LogP contribution in [0.15, 0.2) is 16.8 Å². The molecule has 2 rings (SSSR count). The molecule has 1 saturated heterocycles. The first-order valence-electron chi connectivity index (χ1n) is 5.15. The zero-order valence-electron chi connectivity index (χ0n) is 8.45. The van der Waals surface area contributed by atoms with Crippen molar-refractivity contribution in [3.05, 3.63) is 22.4 Å². The van der Waals surface area contributed by atoms with Gasteiger partial charge in [-0.15, -0.1) is 0 Å².